The third kappa shape index (κ3) is 3.31. The second-order valence-electron chi connectivity index (χ2n) is 9.83. The third-order valence-corrected chi connectivity index (χ3v) is 8.32. The minimum absolute atomic E-state index is 0.00192. The average Bonchev–Trinajstić information content (AvgIpc) is 3.08. The second kappa shape index (κ2) is 7.57. The topological polar surface area (TPSA) is 86.7 Å². The van der Waals surface area contributed by atoms with Crippen molar-refractivity contribution in [1.29, 1.82) is 0 Å². The molecule has 6 nitrogen and oxygen atoms in total. The van der Waals surface area contributed by atoms with Crippen LogP contribution in [-0.4, -0.2) is 37.2 Å². The number of methoxy groups -OCH3 is 1. The molecule has 166 valence electrons. The fourth-order valence-corrected chi connectivity index (χ4v) is 7.01. The molecule has 4 aliphatic rings. The van der Waals surface area contributed by atoms with Crippen LogP contribution in [0.4, 0.5) is 0 Å². The van der Waals surface area contributed by atoms with E-state index in [0.717, 1.165) is 24.8 Å². The summed E-state index contributed by atoms with van der Waals surface area (Å²) in [5.74, 6) is -0.860. The van der Waals surface area contributed by atoms with Gasteiger partial charge in [0.1, 0.15) is 0 Å². The average molecular weight is 427 g/mol. The summed E-state index contributed by atoms with van der Waals surface area (Å²) in [7, 11) is 1.41. The van der Waals surface area contributed by atoms with Crippen molar-refractivity contribution in [3.05, 3.63) is 35.5 Å². The van der Waals surface area contributed by atoms with E-state index >= 15 is 0 Å². The van der Waals surface area contributed by atoms with Crippen molar-refractivity contribution in [3.8, 4) is 0 Å². The predicted octanol–water partition coefficient (Wildman–Crippen LogP) is 3.36. The van der Waals surface area contributed by atoms with Gasteiger partial charge in [0, 0.05) is 23.3 Å². The molecule has 0 heterocycles. The van der Waals surface area contributed by atoms with Crippen LogP contribution in [-0.2, 0) is 28.7 Å². The van der Waals surface area contributed by atoms with Crippen molar-refractivity contribution < 1.29 is 28.7 Å². The molecule has 0 aromatic rings. The van der Waals surface area contributed by atoms with Crippen LogP contribution in [0.2, 0.25) is 0 Å². The highest BCUT2D eigenvalue weighted by Crippen LogP contribution is 2.66. The van der Waals surface area contributed by atoms with Gasteiger partial charge in [-0.3, -0.25) is 19.2 Å². The van der Waals surface area contributed by atoms with Crippen LogP contribution in [0.1, 0.15) is 46.5 Å². The Bertz CT molecular complexity index is 940. The molecule has 31 heavy (non-hydrogen) atoms. The number of hydrogen-bond donors (Lipinski definition) is 0. The maximum atomic E-state index is 13.0. The zero-order valence-electron chi connectivity index (χ0n) is 18.6. The molecule has 0 saturated heterocycles. The van der Waals surface area contributed by atoms with E-state index < -0.39 is 11.4 Å². The Hall–Kier alpha value is -2.50. The largest absolute Gasteiger partial charge is 0.469 e. The minimum atomic E-state index is -0.483. The van der Waals surface area contributed by atoms with Crippen LogP contribution in [0.3, 0.4) is 0 Å². The number of hydrogen-bond acceptors (Lipinski definition) is 6. The van der Waals surface area contributed by atoms with Crippen LogP contribution in [0.15, 0.2) is 35.5 Å². The van der Waals surface area contributed by atoms with E-state index in [2.05, 4.69) is 13.8 Å². The Morgan fingerprint density at radius 2 is 1.97 bits per heavy atom. The molecule has 0 aromatic heterocycles. The Kier molecular flexibility index (Phi) is 5.31. The maximum Gasteiger partial charge on any atom is 0.309 e. The van der Waals surface area contributed by atoms with Crippen molar-refractivity contribution >= 4 is 23.5 Å². The molecule has 0 unspecified atom stereocenters. The SMILES string of the molecule is COC(=O)[C@H]1C[C@]2(C)C(C(=O)COC(C)=O)=CC[C@H]2[C@H]2CCC3=CC(=O)C=C[C@]3(C)[C@@H]21. The quantitative estimate of drug-likeness (QED) is 0.641. The van der Waals surface area contributed by atoms with Gasteiger partial charge >= 0.3 is 11.9 Å². The monoisotopic (exact) mass is 426 g/mol. The van der Waals surface area contributed by atoms with Gasteiger partial charge in [-0.25, -0.2) is 0 Å². The lowest BCUT2D eigenvalue weighted by atomic mass is 9.44. The first kappa shape index (κ1) is 21.7. The molecule has 2 saturated carbocycles. The number of Topliss-reactive ketones (excluding diaryl/α,β-unsaturated/α-hetero) is 1. The van der Waals surface area contributed by atoms with Gasteiger partial charge in [0.15, 0.2) is 18.2 Å². The van der Waals surface area contributed by atoms with E-state index in [1.54, 1.807) is 12.2 Å². The van der Waals surface area contributed by atoms with Crippen LogP contribution in [0, 0.1) is 34.5 Å². The normalized spacial score (nSPS) is 38.3. The first-order chi connectivity index (χ1) is 14.6. The summed E-state index contributed by atoms with van der Waals surface area (Å²) in [5, 5.41) is 0. The van der Waals surface area contributed by atoms with Crippen molar-refractivity contribution in [3.63, 3.8) is 0 Å². The van der Waals surface area contributed by atoms with Crippen LogP contribution >= 0.6 is 0 Å². The molecule has 0 aromatic carbocycles. The zero-order valence-corrected chi connectivity index (χ0v) is 18.6. The van der Waals surface area contributed by atoms with E-state index in [9.17, 15) is 19.2 Å². The molecule has 0 radical (unpaired) electrons. The summed E-state index contributed by atoms with van der Waals surface area (Å²) in [6.07, 6.45) is 10.3. The first-order valence-electron chi connectivity index (χ1n) is 11.0. The van der Waals surface area contributed by atoms with E-state index in [1.165, 1.54) is 14.0 Å². The summed E-state index contributed by atoms with van der Waals surface area (Å²) >= 11 is 0. The maximum absolute atomic E-state index is 13.0. The highest BCUT2D eigenvalue weighted by Gasteiger charge is 2.62. The van der Waals surface area contributed by atoms with Gasteiger partial charge in [-0.15, -0.1) is 0 Å². The van der Waals surface area contributed by atoms with E-state index in [1.807, 2.05) is 12.2 Å². The molecule has 0 bridgehead atoms. The smallest absolute Gasteiger partial charge is 0.309 e. The summed E-state index contributed by atoms with van der Waals surface area (Å²) < 4.78 is 10.2. The molecule has 4 aliphatic carbocycles. The molecule has 0 spiro atoms. The Morgan fingerprint density at radius 3 is 2.65 bits per heavy atom. The highest BCUT2D eigenvalue weighted by molar-refractivity contribution is 6.01. The number of carbonyl (C=O) groups is 4. The van der Waals surface area contributed by atoms with Gasteiger partial charge in [-0.05, 0) is 55.6 Å². The lowest BCUT2D eigenvalue weighted by molar-refractivity contribution is -0.159. The molecule has 0 amide bonds. The third-order valence-electron chi connectivity index (χ3n) is 8.32. The van der Waals surface area contributed by atoms with Crippen molar-refractivity contribution in [2.45, 2.75) is 46.5 Å². The highest BCUT2D eigenvalue weighted by atomic mass is 16.5. The zero-order chi connectivity index (χ0) is 22.6. The molecule has 2 fully saturated rings. The number of esters is 2. The summed E-state index contributed by atoms with van der Waals surface area (Å²) in [5.41, 5.74) is 0.924. The summed E-state index contributed by atoms with van der Waals surface area (Å²) in [6, 6.07) is 0. The van der Waals surface area contributed by atoms with Gasteiger partial charge in [0.05, 0.1) is 13.0 Å². The molecular weight excluding hydrogens is 396 g/mol. The van der Waals surface area contributed by atoms with Gasteiger partial charge in [0.2, 0.25) is 0 Å². The Labute approximate surface area is 182 Å². The number of rotatable bonds is 4. The second-order valence-corrected chi connectivity index (χ2v) is 9.83. The minimum Gasteiger partial charge on any atom is -0.469 e. The van der Waals surface area contributed by atoms with Gasteiger partial charge in [-0.1, -0.05) is 31.6 Å². The fourth-order valence-electron chi connectivity index (χ4n) is 7.01. The molecule has 6 heteroatoms. The molecule has 0 N–H and O–H groups in total. The van der Waals surface area contributed by atoms with Gasteiger partial charge < -0.3 is 9.47 Å². The lowest BCUT2D eigenvalue weighted by Crippen LogP contribution is -2.55. The Morgan fingerprint density at radius 1 is 1.23 bits per heavy atom. The molecule has 6 atom stereocenters. The molecular formula is C25H30O6. The summed E-state index contributed by atoms with van der Waals surface area (Å²) in [4.78, 5) is 49.2. The number of ether oxygens (including phenoxy) is 2. The number of fused-ring (bicyclic) bond motifs is 5. The van der Waals surface area contributed by atoms with Crippen LogP contribution in [0.25, 0.3) is 0 Å². The first-order valence-corrected chi connectivity index (χ1v) is 11.0. The Balaban J connectivity index is 1.72. The number of ketones is 2. The number of allylic oxidation sites excluding steroid dienone is 5. The standard InChI is InChI=1S/C25H30O6/c1-14(26)31-13-21(28)20-8-7-19-17-6-5-15-11-16(27)9-10-24(15,2)22(17)18(23(29)30-4)12-25(19,20)3/h8-11,17-19,22H,5-7,12-13H2,1-4H3/t17-,18+,19+,22+,24+,25+/m1/s1. The lowest BCUT2D eigenvalue weighted by Gasteiger charge is -2.58. The van der Waals surface area contributed by atoms with Gasteiger partial charge in [0.25, 0.3) is 0 Å². The molecule has 4 rings (SSSR count). The van der Waals surface area contributed by atoms with E-state index in [4.69, 9.17) is 9.47 Å². The van der Waals surface area contributed by atoms with Crippen molar-refractivity contribution in [1.82, 2.24) is 0 Å². The number of carbonyl (C=O) groups excluding carboxylic acids is 4. The van der Waals surface area contributed by atoms with Gasteiger partial charge in [-0.2, -0.15) is 0 Å². The van der Waals surface area contributed by atoms with Crippen LogP contribution < -0.4 is 0 Å². The van der Waals surface area contributed by atoms with Crippen LogP contribution in [0.5, 0.6) is 0 Å². The summed E-state index contributed by atoms with van der Waals surface area (Å²) in [6.45, 7) is 5.22. The predicted molar refractivity (Wildman–Crippen MR) is 113 cm³/mol. The van der Waals surface area contributed by atoms with Crippen molar-refractivity contribution in [2.75, 3.05) is 13.7 Å². The van der Waals surface area contributed by atoms with Crippen molar-refractivity contribution in [2.24, 2.45) is 34.5 Å². The van der Waals surface area contributed by atoms with E-state index in [0.29, 0.717) is 12.0 Å². The van der Waals surface area contributed by atoms with E-state index in [-0.39, 0.29) is 53.2 Å². The molecule has 0 aliphatic heterocycles. The fraction of sp³-hybridized carbons (Fsp3) is 0.600.